The lowest BCUT2D eigenvalue weighted by Crippen LogP contribution is -1.94. The topological polar surface area (TPSA) is 27.1 Å². The molecule has 2 rings (SSSR count). The summed E-state index contributed by atoms with van der Waals surface area (Å²) >= 11 is 0. The van der Waals surface area contributed by atoms with Gasteiger partial charge in [0, 0.05) is 24.4 Å². The van der Waals surface area contributed by atoms with Crippen molar-refractivity contribution in [3.63, 3.8) is 0 Å². The molecule has 0 bridgehead atoms. The number of rotatable bonds is 3. The van der Waals surface area contributed by atoms with Crippen LogP contribution < -0.4 is 4.74 Å². The molecule has 0 saturated carbocycles. The number of aryl methyl sites for hydroxylation is 2. The maximum absolute atomic E-state index is 5.62. The van der Waals surface area contributed by atoms with E-state index in [0.717, 1.165) is 16.9 Å². The number of hydrogen-bond donors (Lipinski definition) is 0. The van der Waals surface area contributed by atoms with Gasteiger partial charge in [0.15, 0.2) is 0 Å². The van der Waals surface area contributed by atoms with E-state index in [1.807, 2.05) is 32.4 Å². The van der Waals surface area contributed by atoms with Crippen LogP contribution in [0.4, 0.5) is 0 Å². The minimum atomic E-state index is 0.677. The lowest BCUT2D eigenvalue weighted by Gasteiger charge is -2.09. The molecule has 1 aromatic heterocycles. The highest BCUT2D eigenvalue weighted by atomic mass is 16.5. The Morgan fingerprint density at radius 3 is 2.81 bits per heavy atom. The summed E-state index contributed by atoms with van der Waals surface area (Å²) < 4.78 is 7.42. The van der Waals surface area contributed by atoms with Crippen LogP contribution in [0.15, 0.2) is 30.6 Å². The van der Waals surface area contributed by atoms with Crippen molar-refractivity contribution in [2.45, 2.75) is 13.8 Å². The Kier molecular flexibility index (Phi) is 2.95. The van der Waals surface area contributed by atoms with Crippen molar-refractivity contribution >= 4 is 0 Å². The molecule has 2 aromatic rings. The van der Waals surface area contributed by atoms with Crippen LogP contribution in [0.25, 0.3) is 11.1 Å². The molecule has 0 N–H and O–H groups in total. The fourth-order valence-electron chi connectivity index (χ4n) is 1.71. The highest BCUT2D eigenvalue weighted by molar-refractivity contribution is 5.70. The van der Waals surface area contributed by atoms with Crippen LogP contribution in [0.2, 0.25) is 0 Å². The van der Waals surface area contributed by atoms with Gasteiger partial charge >= 0.3 is 0 Å². The molecule has 0 atom stereocenters. The molecular weight excluding hydrogens is 200 g/mol. The smallest absolute Gasteiger partial charge is 0.127 e. The van der Waals surface area contributed by atoms with E-state index < -0.39 is 0 Å². The predicted molar refractivity (Wildman–Crippen MR) is 64.6 cm³/mol. The predicted octanol–water partition coefficient (Wildman–Crippen LogP) is 2.79. The van der Waals surface area contributed by atoms with Crippen molar-refractivity contribution in [2.24, 2.45) is 7.05 Å². The zero-order valence-corrected chi connectivity index (χ0v) is 9.90. The van der Waals surface area contributed by atoms with Crippen LogP contribution in [0.5, 0.6) is 5.75 Å². The van der Waals surface area contributed by atoms with E-state index in [0.29, 0.717) is 6.61 Å². The summed E-state index contributed by atoms with van der Waals surface area (Å²) in [5.41, 5.74) is 3.42. The van der Waals surface area contributed by atoms with Gasteiger partial charge in [-0.15, -0.1) is 0 Å². The number of benzene rings is 1. The highest BCUT2D eigenvalue weighted by Gasteiger charge is 2.07. The third-order valence-electron chi connectivity index (χ3n) is 2.45. The van der Waals surface area contributed by atoms with E-state index in [4.69, 9.17) is 4.74 Å². The first-order valence-electron chi connectivity index (χ1n) is 5.43. The molecule has 0 spiro atoms. The fraction of sp³-hybridized carbons (Fsp3) is 0.308. The zero-order chi connectivity index (χ0) is 11.5. The van der Waals surface area contributed by atoms with Crippen molar-refractivity contribution in [3.8, 4) is 16.9 Å². The maximum Gasteiger partial charge on any atom is 0.127 e. The second kappa shape index (κ2) is 4.39. The van der Waals surface area contributed by atoms with Gasteiger partial charge in [0.2, 0.25) is 0 Å². The van der Waals surface area contributed by atoms with Gasteiger partial charge in [-0.25, -0.2) is 0 Å². The number of hydrogen-bond acceptors (Lipinski definition) is 2. The van der Waals surface area contributed by atoms with Gasteiger partial charge in [-0.2, -0.15) is 5.10 Å². The molecule has 1 heterocycles. The molecule has 0 radical (unpaired) electrons. The number of nitrogens with zero attached hydrogens (tertiary/aromatic N) is 2. The van der Waals surface area contributed by atoms with E-state index in [1.165, 1.54) is 5.56 Å². The minimum Gasteiger partial charge on any atom is -0.493 e. The van der Waals surface area contributed by atoms with Crippen LogP contribution >= 0.6 is 0 Å². The van der Waals surface area contributed by atoms with Gasteiger partial charge < -0.3 is 4.74 Å². The highest BCUT2D eigenvalue weighted by Crippen LogP contribution is 2.30. The number of aromatic nitrogens is 2. The fourth-order valence-corrected chi connectivity index (χ4v) is 1.71. The van der Waals surface area contributed by atoms with Crippen LogP contribution in [-0.4, -0.2) is 16.4 Å². The zero-order valence-electron chi connectivity index (χ0n) is 9.90. The van der Waals surface area contributed by atoms with Gasteiger partial charge in [-0.05, 0) is 26.0 Å². The van der Waals surface area contributed by atoms with Gasteiger partial charge in [-0.1, -0.05) is 11.6 Å². The lowest BCUT2D eigenvalue weighted by atomic mass is 10.1. The third kappa shape index (κ3) is 2.08. The molecule has 0 amide bonds. The third-order valence-corrected chi connectivity index (χ3v) is 2.45. The molecule has 3 nitrogen and oxygen atoms in total. The Bertz CT molecular complexity index is 488. The Hall–Kier alpha value is -1.77. The molecule has 0 aliphatic rings. The summed E-state index contributed by atoms with van der Waals surface area (Å²) in [5, 5.41) is 4.19. The molecule has 0 aliphatic carbocycles. The molecular formula is C13H16N2O. The Labute approximate surface area is 95.7 Å². The van der Waals surface area contributed by atoms with E-state index in [9.17, 15) is 0 Å². The van der Waals surface area contributed by atoms with Gasteiger partial charge in [0.05, 0.1) is 12.8 Å². The van der Waals surface area contributed by atoms with Crippen LogP contribution in [0.1, 0.15) is 12.5 Å². The molecule has 0 aliphatic heterocycles. The summed E-state index contributed by atoms with van der Waals surface area (Å²) in [4.78, 5) is 0. The first-order chi connectivity index (χ1) is 7.70. The summed E-state index contributed by atoms with van der Waals surface area (Å²) in [6, 6.07) is 6.20. The van der Waals surface area contributed by atoms with Crippen molar-refractivity contribution in [1.29, 1.82) is 0 Å². The first-order valence-corrected chi connectivity index (χ1v) is 5.43. The standard InChI is InChI=1S/C13H16N2O/c1-4-16-13-6-5-10(2)7-12(13)11-8-14-15(3)9-11/h5-9H,4H2,1-3H3. The SMILES string of the molecule is CCOc1ccc(C)cc1-c1cnn(C)c1. The van der Waals surface area contributed by atoms with Crippen molar-refractivity contribution in [1.82, 2.24) is 9.78 Å². The average molecular weight is 216 g/mol. The Balaban J connectivity index is 2.48. The average Bonchev–Trinajstić information content (AvgIpc) is 2.68. The summed E-state index contributed by atoms with van der Waals surface area (Å²) in [6.07, 6.45) is 3.86. The summed E-state index contributed by atoms with van der Waals surface area (Å²) in [5.74, 6) is 0.918. The van der Waals surface area contributed by atoms with Gasteiger partial charge in [0.1, 0.15) is 5.75 Å². The second-order valence-corrected chi connectivity index (χ2v) is 3.84. The van der Waals surface area contributed by atoms with Crippen LogP contribution in [0, 0.1) is 6.92 Å². The van der Waals surface area contributed by atoms with E-state index in [2.05, 4.69) is 24.2 Å². The van der Waals surface area contributed by atoms with Crippen molar-refractivity contribution in [3.05, 3.63) is 36.2 Å². The lowest BCUT2D eigenvalue weighted by molar-refractivity contribution is 0.341. The molecule has 0 saturated heterocycles. The maximum atomic E-state index is 5.62. The molecule has 1 aromatic carbocycles. The quantitative estimate of drug-likeness (QED) is 0.788. The molecule has 0 unspecified atom stereocenters. The van der Waals surface area contributed by atoms with Crippen LogP contribution in [0.3, 0.4) is 0 Å². The second-order valence-electron chi connectivity index (χ2n) is 3.84. The monoisotopic (exact) mass is 216 g/mol. The van der Waals surface area contributed by atoms with E-state index in [1.54, 1.807) is 4.68 Å². The van der Waals surface area contributed by atoms with E-state index in [-0.39, 0.29) is 0 Å². The summed E-state index contributed by atoms with van der Waals surface area (Å²) in [7, 11) is 1.92. The van der Waals surface area contributed by atoms with E-state index >= 15 is 0 Å². The Morgan fingerprint density at radius 1 is 1.38 bits per heavy atom. The summed E-state index contributed by atoms with van der Waals surface area (Å²) in [6.45, 7) is 4.75. The molecule has 0 fully saturated rings. The van der Waals surface area contributed by atoms with Gasteiger partial charge in [0.25, 0.3) is 0 Å². The van der Waals surface area contributed by atoms with Crippen molar-refractivity contribution in [2.75, 3.05) is 6.61 Å². The minimum absolute atomic E-state index is 0.677. The molecule has 16 heavy (non-hydrogen) atoms. The Morgan fingerprint density at radius 2 is 2.19 bits per heavy atom. The largest absolute Gasteiger partial charge is 0.493 e. The number of ether oxygens (including phenoxy) is 1. The molecule has 3 heteroatoms. The normalized spacial score (nSPS) is 10.4. The van der Waals surface area contributed by atoms with Crippen LogP contribution in [-0.2, 0) is 7.05 Å². The first kappa shape index (κ1) is 10.7. The van der Waals surface area contributed by atoms with Gasteiger partial charge in [-0.3, -0.25) is 4.68 Å². The molecule has 84 valence electrons. The van der Waals surface area contributed by atoms with Crippen molar-refractivity contribution < 1.29 is 4.74 Å².